The fourth-order valence-corrected chi connectivity index (χ4v) is 3.21. The number of rotatable bonds is 4. The van der Waals surface area contributed by atoms with Crippen molar-refractivity contribution in [1.82, 2.24) is 0 Å². The van der Waals surface area contributed by atoms with Crippen molar-refractivity contribution in [1.29, 1.82) is 5.26 Å². The van der Waals surface area contributed by atoms with Gasteiger partial charge in [-0.05, 0) is 48.0 Å². The Morgan fingerprint density at radius 3 is 2.21 bits per heavy atom. The van der Waals surface area contributed by atoms with Gasteiger partial charge in [0, 0.05) is 17.6 Å². The Morgan fingerprint density at radius 1 is 1.12 bits per heavy atom. The van der Waals surface area contributed by atoms with E-state index in [0.717, 1.165) is 0 Å². The van der Waals surface area contributed by atoms with Gasteiger partial charge < -0.3 is 5.32 Å². The minimum Gasteiger partial charge on any atom is -0.326 e. The van der Waals surface area contributed by atoms with Crippen LogP contribution in [0.5, 0.6) is 0 Å². The lowest BCUT2D eigenvalue weighted by Crippen LogP contribution is -2.05. The lowest BCUT2D eigenvalue weighted by Gasteiger charge is -2.04. The van der Waals surface area contributed by atoms with Gasteiger partial charge in [-0.1, -0.05) is 23.7 Å². The van der Waals surface area contributed by atoms with E-state index in [1.54, 1.807) is 30.3 Å². The SMILES string of the molecule is CC(=O)Nc1ccc(C=C(C#N)S(=O)(=O)c2ccc(Cl)cc2)cc1. The van der Waals surface area contributed by atoms with Crippen LogP contribution in [0.4, 0.5) is 5.69 Å². The molecule has 0 radical (unpaired) electrons. The summed E-state index contributed by atoms with van der Waals surface area (Å²) in [7, 11) is -3.92. The maximum atomic E-state index is 12.5. The van der Waals surface area contributed by atoms with E-state index in [9.17, 15) is 18.5 Å². The van der Waals surface area contributed by atoms with Crippen LogP contribution in [0.2, 0.25) is 5.02 Å². The molecule has 2 aromatic rings. The maximum Gasteiger partial charge on any atom is 0.221 e. The first-order valence-corrected chi connectivity index (χ1v) is 8.69. The molecule has 7 heteroatoms. The van der Waals surface area contributed by atoms with E-state index in [4.69, 9.17) is 11.6 Å². The van der Waals surface area contributed by atoms with Crippen LogP contribution in [0, 0.1) is 11.3 Å². The van der Waals surface area contributed by atoms with E-state index in [0.29, 0.717) is 16.3 Å². The van der Waals surface area contributed by atoms with Crippen LogP contribution in [-0.4, -0.2) is 14.3 Å². The van der Waals surface area contributed by atoms with Gasteiger partial charge in [0.25, 0.3) is 0 Å². The van der Waals surface area contributed by atoms with Crippen molar-refractivity contribution in [3.8, 4) is 6.07 Å². The number of sulfone groups is 1. The van der Waals surface area contributed by atoms with E-state index >= 15 is 0 Å². The smallest absolute Gasteiger partial charge is 0.221 e. The number of allylic oxidation sites excluding steroid dienone is 1. The molecule has 0 heterocycles. The molecule has 0 unspecified atom stereocenters. The molecule has 24 heavy (non-hydrogen) atoms. The summed E-state index contributed by atoms with van der Waals surface area (Å²) in [6.07, 6.45) is 1.28. The number of nitrogens with one attached hydrogen (secondary N) is 1. The van der Waals surface area contributed by atoms with Gasteiger partial charge in [0.15, 0.2) is 0 Å². The largest absolute Gasteiger partial charge is 0.326 e. The predicted octanol–water partition coefficient (Wildman–Crippen LogP) is 3.64. The number of hydrogen-bond donors (Lipinski definition) is 1. The van der Waals surface area contributed by atoms with Crippen LogP contribution in [0.15, 0.2) is 58.3 Å². The average molecular weight is 361 g/mol. The number of hydrogen-bond acceptors (Lipinski definition) is 4. The molecule has 0 aliphatic carbocycles. The van der Waals surface area contributed by atoms with E-state index in [1.807, 2.05) is 0 Å². The highest BCUT2D eigenvalue weighted by molar-refractivity contribution is 7.95. The second-order valence-electron chi connectivity index (χ2n) is 4.88. The number of nitrogens with zero attached hydrogens (tertiary/aromatic N) is 1. The summed E-state index contributed by atoms with van der Waals surface area (Å²) in [5.74, 6) is -0.207. The number of anilines is 1. The van der Waals surface area contributed by atoms with Crippen LogP contribution in [0.3, 0.4) is 0 Å². The van der Waals surface area contributed by atoms with Crippen LogP contribution >= 0.6 is 11.6 Å². The minimum atomic E-state index is -3.92. The van der Waals surface area contributed by atoms with Crippen molar-refractivity contribution in [2.75, 3.05) is 5.32 Å². The second kappa shape index (κ2) is 7.30. The van der Waals surface area contributed by atoms with Gasteiger partial charge in [-0.3, -0.25) is 4.79 Å². The first kappa shape index (κ1) is 17.7. The number of carbonyl (C=O) groups is 1. The van der Waals surface area contributed by atoms with Crippen LogP contribution < -0.4 is 5.32 Å². The molecule has 0 bridgehead atoms. The summed E-state index contributed by atoms with van der Waals surface area (Å²) in [5.41, 5.74) is 1.11. The molecule has 0 aromatic heterocycles. The van der Waals surface area contributed by atoms with Crippen molar-refractivity contribution in [3.05, 3.63) is 64.0 Å². The van der Waals surface area contributed by atoms with Crippen LogP contribution in [0.25, 0.3) is 6.08 Å². The van der Waals surface area contributed by atoms with Crippen molar-refractivity contribution < 1.29 is 13.2 Å². The summed E-state index contributed by atoms with van der Waals surface area (Å²) in [4.78, 5) is 10.6. The fourth-order valence-electron chi connectivity index (χ4n) is 1.93. The van der Waals surface area contributed by atoms with Crippen molar-refractivity contribution in [3.63, 3.8) is 0 Å². The fraction of sp³-hybridized carbons (Fsp3) is 0.0588. The van der Waals surface area contributed by atoms with Crippen LogP contribution in [-0.2, 0) is 14.6 Å². The number of amides is 1. The van der Waals surface area contributed by atoms with E-state index in [2.05, 4.69) is 5.32 Å². The molecule has 2 rings (SSSR count). The standard InChI is InChI=1S/C17H13ClN2O3S/c1-12(21)20-15-6-2-13(3-7-15)10-17(11-19)24(22,23)16-8-4-14(18)5-9-16/h2-10H,1H3,(H,20,21). The number of benzene rings is 2. The Labute approximate surface area is 145 Å². The number of halogens is 1. The molecule has 0 saturated heterocycles. The van der Waals surface area contributed by atoms with Gasteiger partial charge in [0.1, 0.15) is 11.0 Å². The molecule has 122 valence electrons. The van der Waals surface area contributed by atoms with Gasteiger partial charge in [-0.25, -0.2) is 8.42 Å². The number of carbonyl (C=O) groups excluding carboxylic acids is 1. The van der Waals surface area contributed by atoms with Gasteiger partial charge in [-0.15, -0.1) is 0 Å². The number of nitriles is 1. The summed E-state index contributed by atoms with van der Waals surface area (Å²) < 4.78 is 25.0. The summed E-state index contributed by atoms with van der Waals surface area (Å²) in [6.45, 7) is 1.39. The molecule has 0 aliphatic rings. The molecule has 0 atom stereocenters. The van der Waals surface area contributed by atoms with E-state index < -0.39 is 9.84 Å². The van der Waals surface area contributed by atoms with Crippen molar-refractivity contribution >= 4 is 39.1 Å². The van der Waals surface area contributed by atoms with Crippen molar-refractivity contribution in [2.45, 2.75) is 11.8 Å². The Kier molecular flexibility index (Phi) is 5.39. The van der Waals surface area contributed by atoms with Crippen molar-refractivity contribution in [2.24, 2.45) is 0 Å². The first-order chi connectivity index (χ1) is 11.3. The third-order valence-corrected chi connectivity index (χ3v) is 4.99. The molecule has 5 nitrogen and oxygen atoms in total. The van der Waals surface area contributed by atoms with E-state index in [1.165, 1.54) is 37.3 Å². The lowest BCUT2D eigenvalue weighted by molar-refractivity contribution is -0.114. The zero-order valence-corrected chi connectivity index (χ0v) is 14.2. The summed E-state index contributed by atoms with van der Waals surface area (Å²) >= 11 is 5.75. The van der Waals surface area contributed by atoms with Gasteiger partial charge in [0.05, 0.1) is 4.90 Å². The molecule has 2 aromatic carbocycles. The zero-order valence-electron chi connectivity index (χ0n) is 12.7. The first-order valence-electron chi connectivity index (χ1n) is 6.83. The molecular weight excluding hydrogens is 348 g/mol. The zero-order chi connectivity index (χ0) is 17.7. The predicted molar refractivity (Wildman–Crippen MR) is 93.0 cm³/mol. The Morgan fingerprint density at radius 2 is 1.71 bits per heavy atom. The molecule has 0 aliphatic heterocycles. The summed E-state index contributed by atoms with van der Waals surface area (Å²) in [5, 5.41) is 12.2. The Bertz CT molecular complexity index is 925. The highest BCUT2D eigenvalue weighted by Crippen LogP contribution is 2.23. The minimum absolute atomic E-state index is 0.00503. The van der Waals surface area contributed by atoms with Gasteiger partial charge in [0.2, 0.25) is 15.7 Å². The molecule has 1 N–H and O–H groups in total. The topological polar surface area (TPSA) is 87.0 Å². The Balaban J connectivity index is 2.36. The molecule has 0 spiro atoms. The molecule has 1 amide bonds. The molecule has 0 fully saturated rings. The van der Waals surface area contributed by atoms with Gasteiger partial charge >= 0.3 is 0 Å². The van der Waals surface area contributed by atoms with Gasteiger partial charge in [-0.2, -0.15) is 5.26 Å². The van der Waals surface area contributed by atoms with Crippen LogP contribution in [0.1, 0.15) is 12.5 Å². The molecular formula is C17H13ClN2O3S. The lowest BCUT2D eigenvalue weighted by atomic mass is 10.2. The second-order valence-corrected chi connectivity index (χ2v) is 7.24. The normalized spacial score (nSPS) is 11.6. The van der Waals surface area contributed by atoms with E-state index in [-0.39, 0.29) is 15.7 Å². The maximum absolute atomic E-state index is 12.5. The summed E-state index contributed by atoms with van der Waals surface area (Å²) in [6, 6.07) is 13.8. The Hall–Kier alpha value is -2.62. The average Bonchev–Trinajstić information content (AvgIpc) is 2.54. The quantitative estimate of drug-likeness (QED) is 0.843. The molecule has 0 saturated carbocycles. The third kappa shape index (κ3) is 4.22. The highest BCUT2D eigenvalue weighted by Gasteiger charge is 2.20. The monoisotopic (exact) mass is 360 g/mol. The third-order valence-electron chi connectivity index (χ3n) is 3.05. The highest BCUT2D eigenvalue weighted by atomic mass is 35.5.